The minimum absolute atomic E-state index is 0.391. The molecule has 6 heteroatoms. The first-order valence-corrected chi connectivity index (χ1v) is 6.02. The summed E-state index contributed by atoms with van der Waals surface area (Å²) in [5, 5.41) is 11.0. The molecule has 2 aromatic heterocycles. The molecule has 0 spiro atoms. The van der Waals surface area contributed by atoms with Gasteiger partial charge in [0.1, 0.15) is 6.07 Å². The maximum absolute atomic E-state index is 11.4. The van der Waals surface area contributed by atoms with Crippen molar-refractivity contribution in [2.24, 2.45) is 7.05 Å². The van der Waals surface area contributed by atoms with Crippen molar-refractivity contribution in [2.45, 2.75) is 0 Å². The molecule has 0 saturated heterocycles. The lowest BCUT2D eigenvalue weighted by Gasteiger charge is -1.96. The van der Waals surface area contributed by atoms with Crippen LogP contribution in [0.5, 0.6) is 0 Å². The summed E-state index contributed by atoms with van der Waals surface area (Å²) < 4.78 is 6.56. The molecule has 88 valence electrons. The van der Waals surface area contributed by atoms with E-state index in [-0.39, 0.29) is 0 Å². The van der Waals surface area contributed by atoms with Gasteiger partial charge in [0.15, 0.2) is 10.6 Å². The Bertz CT molecular complexity index is 835. The van der Waals surface area contributed by atoms with Crippen LogP contribution in [0.3, 0.4) is 0 Å². The van der Waals surface area contributed by atoms with Crippen molar-refractivity contribution >= 4 is 22.4 Å². The van der Waals surface area contributed by atoms with Crippen LogP contribution in [0.4, 0.5) is 0 Å². The first-order valence-electron chi connectivity index (χ1n) is 5.14. The van der Waals surface area contributed by atoms with E-state index in [2.05, 4.69) is 4.98 Å². The van der Waals surface area contributed by atoms with Gasteiger partial charge in [-0.2, -0.15) is 5.26 Å². The van der Waals surface area contributed by atoms with Gasteiger partial charge in [0.25, 0.3) is 0 Å². The summed E-state index contributed by atoms with van der Waals surface area (Å²) in [4.78, 5) is 15.5. The summed E-state index contributed by atoms with van der Waals surface area (Å²) in [6.45, 7) is 0. The molecule has 0 unspecified atom stereocenters. The van der Waals surface area contributed by atoms with Crippen LogP contribution in [-0.4, -0.2) is 9.55 Å². The molecular formula is C12H7N3O2S. The summed E-state index contributed by atoms with van der Waals surface area (Å²) in [5.74, 6) is -0.391. The quantitative estimate of drug-likeness (QED) is 0.669. The number of benzene rings is 1. The number of nitrogens with zero attached hydrogens (tertiary/aromatic N) is 3. The summed E-state index contributed by atoms with van der Waals surface area (Å²) in [5.41, 5.74) is 2.80. The van der Waals surface area contributed by atoms with Gasteiger partial charge in [-0.3, -0.25) is 4.57 Å². The molecule has 0 radical (unpaired) electrons. The van der Waals surface area contributed by atoms with Gasteiger partial charge in [-0.15, -0.1) is 11.3 Å². The monoisotopic (exact) mass is 257 g/mol. The minimum Gasteiger partial charge on any atom is -0.408 e. The number of aromatic nitrogens is 2. The molecule has 0 saturated carbocycles. The summed E-state index contributed by atoms with van der Waals surface area (Å²) in [7, 11) is 1.66. The highest BCUT2D eigenvalue weighted by atomic mass is 32.1. The Morgan fingerprint density at radius 1 is 1.50 bits per heavy atom. The Kier molecular flexibility index (Phi) is 2.28. The Morgan fingerprint density at radius 3 is 3.06 bits per heavy atom. The van der Waals surface area contributed by atoms with Gasteiger partial charge in [-0.05, 0) is 12.1 Å². The van der Waals surface area contributed by atoms with Gasteiger partial charge in [0.05, 0.1) is 11.2 Å². The molecule has 2 heterocycles. The van der Waals surface area contributed by atoms with Crippen molar-refractivity contribution in [3.05, 3.63) is 39.1 Å². The van der Waals surface area contributed by atoms with Crippen molar-refractivity contribution in [1.29, 1.82) is 5.26 Å². The Hall–Kier alpha value is -2.39. The van der Waals surface area contributed by atoms with Crippen LogP contribution in [0, 0.1) is 11.3 Å². The van der Waals surface area contributed by atoms with Crippen molar-refractivity contribution < 1.29 is 4.42 Å². The zero-order valence-electron chi connectivity index (χ0n) is 9.38. The van der Waals surface area contributed by atoms with Gasteiger partial charge in [-0.25, -0.2) is 9.78 Å². The van der Waals surface area contributed by atoms with Crippen LogP contribution >= 0.6 is 11.3 Å². The van der Waals surface area contributed by atoms with E-state index in [0.717, 1.165) is 11.1 Å². The molecule has 3 rings (SSSR count). The number of hydrogen-bond donors (Lipinski definition) is 0. The standard InChI is InChI=1S/C12H7N3O2S/c1-15-9-3-2-7(4-10(9)17-12(15)16)8-6-18-11(5-13)14-8/h2-4,6H,1H3. The van der Waals surface area contributed by atoms with E-state index in [4.69, 9.17) is 9.68 Å². The molecule has 0 atom stereocenters. The van der Waals surface area contributed by atoms with E-state index in [1.54, 1.807) is 24.6 Å². The molecule has 0 aliphatic rings. The molecule has 0 N–H and O–H groups in total. The maximum Gasteiger partial charge on any atom is 0.419 e. The fourth-order valence-corrected chi connectivity index (χ4v) is 2.37. The smallest absolute Gasteiger partial charge is 0.408 e. The third-order valence-corrected chi connectivity index (χ3v) is 3.43. The maximum atomic E-state index is 11.4. The first kappa shape index (κ1) is 10.7. The Morgan fingerprint density at radius 2 is 2.33 bits per heavy atom. The number of oxazole rings is 1. The molecule has 0 amide bonds. The molecule has 18 heavy (non-hydrogen) atoms. The summed E-state index contributed by atoms with van der Waals surface area (Å²) >= 11 is 1.29. The van der Waals surface area contributed by atoms with Crippen LogP contribution in [0.15, 0.2) is 32.8 Å². The molecule has 0 fully saturated rings. The average molecular weight is 257 g/mol. The van der Waals surface area contributed by atoms with E-state index in [1.807, 2.05) is 12.1 Å². The lowest BCUT2D eigenvalue weighted by atomic mass is 10.1. The van der Waals surface area contributed by atoms with E-state index in [0.29, 0.717) is 16.3 Å². The highest BCUT2D eigenvalue weighted by Gasteiger charge is 2.09. The second-order valence-electron chi connectivity index (χ2n) is 3.76. The van der Waals surface area contributed by atoms with E-state index in [1.165, 1.54) is 15.9 Å². The topological polar surface area (TPSA) is 71.8 Å². The van der Waals surface area contributed by atoms with Crippen LogP contribution in [-0.2, 0) is 7.05 Å². The fourth-order valence-electron chi connectivity index (χ4n) is 1.75. The normalized spacial score (nSPS) is 10.7. The van der Waals surface area contributed by atoms with E-state index in [9.17, 15) is 4.79 Å². The molecule has 0 aliphatic heterocycles. The van der Waals surface area contributed by atoms with E-state index >= 15 is 0 Å². The summed E-state index contributed by atoms with van der Waals surface area (Å²) in [6.07, 6.45) is 0. The van der Waals surface area contributed by atoms with Crippen LogP contribution in [0.25, 0.3) is 22.4 Å². The third-order valence-electron chi connectivity index (χ3n) is 2.69. The zero-order valence-corrected chi connectivity index (χ0v) is 10.2. The van der Waals surface area contributed by atoms with Crippen molar-refractivity contribution in [3.8, 4) is 17.3 Å². The number of hydrogen-bond acceptors (Lipinski definition) is 5. The first-order chi connectivity index (χ1) is 8.69. The predicted molar refractivity (Wildman–Crippen MR) is 67.3 cm³/mol. The largest absolute Gasteiger partial charge is 0.419 e. The molecule has 0 aliphatic carbocycles. The second kappa shape index (κ2) is 3.82. The number of thiazole rings is 1. The lowest BCUT2D eigenvalue weighted by Crippen LogP contribution is -2.08. The SMILES string of the molecule is Cn1c(=O)oc2cc(-c3csc(C#N)n3)ccc21. The number of fused-ring (bicyclic) bond motifs is 1. The van der Waals surface area contributed by atoms with Crippen molar-refractivity contribution in [1.82, 2.24) is 9.55 Å². The Labute approximate surface area is 106 Å². The van der Waals surface area contributed by atoms with Crippen LogP contribution in [0.2, 0.25) is 0 Å². The summed E-state index contributed by atoms with van der Waals surface area (Å²) in [6, 6.07) is 7.42. The number of nitriles is 1. The highest BCUT2D eigenvalue weighted by Crippen LogP contribution is 2.25. The molecule has 5 nitrogen and oxygen atoms in total. The van der Waals surface area contributed by atoms with Gasteiger partial charge in [0.2, 0.25) is 0 Å². The molecule has 1 aromatic carbocycles. The third kappa shape index (κ3) is 1.53. The van der Waals surface area contributed by atoms with Gasteiger partial charge in [-0.1, -0.05) is 6.07 Å². The lowest BCUT2D eigenvalue weighted by molar-refractivity contribution is 0.528. The van der Waals surface area contributed by atoms with Gasteiger partial charge in [0, 0.05) is 18.0 Å². The highest BCUT2D eigenvalue weighted by molar-refractivity contribution is 7.10. The van der Waals surface area contributed by atoms with Crippen LogP contribution < -0.4 is 5.76 Å². The second-order valence-corrected chi connectivity index (χ2v) is 4.62. The van der Waals surface area contributed by atoms with E-state index < -0.39 is 5.76 Å². The van der Waals surface area contributed by atoms with Gasteiger partial charge < -0.3 is 4.42 Å². The Balaban J connectivity index is 2.19. The average Bonchev–Trinajstić information content (AvgIpc) is 2.95. The minimum atomic E-state index is -0.391. The van der Waals surface area contributed by atoms with Crippen LogP contribution in [0.1, 0.15) is 5.01 Å². The molecule has 0 bridgehead atoms. The van der Waals surface area contributed by atoms with Gasteiger partial charge >= 0.3 is 5.76 Å². The van der Waals surface area contributed by atoms with Crippen molar-refractivity contribution in [2.75, 3.05) is 0 Å². The zero-order chi connectivity index (χ0) is 12.7. The molecular weight excluding hydrogens is 250 g/mol. The predicted octanol–water partition coefficient (Wildman–Crippen LogP) is 2.13. The van der Waals surface area contributed by atoms with Crippen molar-refractivity contribution in [3.63, 3.8) is 0 Å². The number of aryl methyl sites for hydroxylation is 1. The molecule has 3 aromatic rings. The number of rotatable bonds is 1. The fraction of sp³-hybridized carbons (Fsp3) is 0.0833.